The summed E-state index contributed by atoms with van der Waals surface area (Å²) in [6.07, 6.45) is -0.433. The van der Waals surface area contributed by atoms with Gasteiger partial charge in [-0.3, -0.25) is 4.79 Å². The summed E-state index contributed by atoms with van der Waals surface area (Å²) in [6, 6.07) is 1.17. The number of carboxylic acids is 1. The van der Waals surface area contributed by atoms with E-state index in [1.807, 2.05) is 0 Å². The Hall–Kier alpha value is -1.82. The lowest BCUT2D eigenvalue weighted by atomic mass is 10.0. The second-order valence-corrected chi connectivity index (χ2v) is 3.04. The first kappa shape index (κ1) is 11.3. The van der Waals surface area contributed by atoms with E-state index in [0.29, 0.717) is 0 Å². The zero-order valence-corrected chi connectivity index (χ0v) is 7.64. The largest absolute Gasteiger partial charge is 0.505 e. The van der Waals surface area contributed by atoms with Crippen molar-refractivity contribution in [2.75, 3.05) is 0 Å². The van der Waals surface area contributed by atoms with Crippen LogP contribution in [-0.4, -0.2) is 21.3 Å². The molecule has 0 spiro atoms. The molecule has 0 fully saturated rings. The molecule has 0 aromatic heterocycles. The molecule has 0 heterocycles. The fraction of sp³-hybridized carbons (Fsp3) is 0.222. The molecule has 1 unspecified atom stereocenters. The van der Waals surface area contributed by atoms with Crippen molar-refractivity contribution >= 4 is 5.97 Å². The number of aromatic hydroxyl groups is 2. The fourth-order valence-corrected chi connectivity index (χ4v) is 1.17. The molecule has 0 aliphatic carbocycles. The van der Waals surface area contributed by atoms with E-state index < -0.39 is 35.7 Å². The summed E-state index contributed by atoms with van der Waals surface area (Å²) in [4.78, 5) is 10.3. The summed E-state index contributed by atoms with van der Waals surface area (Å²) in [5.41, 5.74) is 5.38. The van der Waals surface area contributed by atoms with Crippen LogP contribution in [0.25, 0.3) is 0 Å². The predicted molar refractivity (Wildman–Crippen MR) is 48.9 cm³/mol. The van der Waals surface area contributed by atoms with Crippen molar-refractivity contribution in [2.45, 2.75) is 12.5 Å². The van der Waals surface area contributed by atoms with E-state index in [9.17, 15) is 14.3 Å². The number of nitrogens with two attached hydrogens (primary N) is 1. The van der Waals surface area contributed by atoms with E-state index in [2.05, 4.69) is 0 Å². The quantitative estimate of drug-likeness (QED) is 0.594. The van der Waals surface area contributed by atoms with E-state index in [1.54, 1.807) is 0 Å². The van der Waals surface area contributed by atoms with Gasteiger partial charge in [-0.15, -0.1) is 0 Å². The van der Waals surface area contributed by atoms with Crippen LogP contribution < -0.4 is 5.73 Å². The Morgan fingerprint density at radius 2 is 2.07 bits per heavy atom. The van der Waals surface area contributed by atoms with Crippen LogP contribution in [0.3, 0.4) is 0 Å². The summed E-state index contributed by atoms with van der Waals surface area (Å²) in [5.74, 6) is -3.88. The van der Waals surface area contributed by atoms with Crippen molar-refractivity contribution in [3.63, 3.8) is 0 Å². The molecule has 1 rings (SSSR count). The van der Waals surface area contributed by atoms with Crippen LogP contribution in [0.2, 0.25) is 0 Å². The minimum Gasteiger partial charge on any atom is -0.505 e. The molecule has 1 aromatic carbocycles. The third-order valence-electron chi connectivity index (χ3n) is 1.92. The van der Waals surface area contributed by atoms with Gasteiger partial charge in [0.15, 0.2) is 11.5 Å². The van der Waals surface area contributed by atoms with E-state index in [-0.39, 0.29) is 5.56 Å². The van der Waals surface area contributed by atoms with Gasteiger partial charge in [0.2, 0.25) is 5.82 Å². The van der Waals surface area contributed by atoms with Gasteiger partial charge in [-0.25, -0.2) is 0 Å². The summed E-state index contributed by atoms with van der Waals surface area (Å²) in [5, 5.41) is 26.6. The molecular weight excluding hydrogens is 205 g/mol. The topological polar surface area (TPSA) is 104 Å². The Labute approximate surface area is 84.6 Å². The molecule has 0 amide bonds. The second kappa shape index (κ2) is 4.14. The number of phenolic OH excluding ortho intramolecular Hbond substituents is 2. The smallest absolute Gasteiger partial charge is 0.305 e. The van der Waals surface area contributed by atoms with Crippen LogP contribution in [-0.2, 0) is 4.79 Å². The summed E-state index contributed by atoms with van der Waals surface area (Å²) < 4.78 is 13.0. The Morgan fingerprint density at radius 3 is 2.60 bits per heavy atom. The number of benzene rings is 1. The lowest BCUT2D eigenvalue weighted by Crippen LogP contribution is -2.15. The first-order chi connectivity index (χ1) is 6.93. The number of rotatable bonds is 3. The van der Waals surface area contributed by atoms with Crippen LogP contribution in [0.5, 0.6) is 11.5 Å². The monoisotopic (exact) mass is 215 g/mol. The van der Waals surface area contributed by atoms with Crippen LogP contribution >= 0.6 is 0 Å². The maximum absolute atomic E-state index is 13.0. The summed E-state index contributed by atoms with van der Waals surface area (Å²) in [6.45, 7) is 0. The first-order valence-corrected chi connectivity index (χ1v) is 4.11. The lowest BCUT2D eigenvalue weighted by Gasteiger charge is -2.12. The molecule has 1 aromatic rings. The number of aliphatic carboxylic acids is 1. The minimum absolute atomic E-state index is 0.0484. The van der Waals surface area contributed by atoms with Crippen molar-refractivity contribution in [2.24, 2.45) is 5.73 Å². The fourth-order valence-electron chi connectivity index (χ4n) is 1.17. The first-order valence-electron chi connectivity index (χ1n) is 4.11. The zero-order chi connectivity index (χ0) is 11.6. The number of phenols is 2. The maximum Gasteiger partial charge on any atom is 0.305 e. The van der Waals surface area contributed by atoms with Gasteiger partial charge in [-0.1, -0.05) is 0 Å². The van der Waals surface area contributed by atoms with E-state index in [1.165, 1.54) is 6.07 Å². The molecule has 15 heavy (non-hydrogen) atoms. The molecule has 0 radical (unpaired) electrons. The van der Waals surface area contributed by atoms with E-state index in [4.69, 9.17) is 15.9 Å². The van der Waals surface area contributed by atoms with Gasteiger partial charge in [0, 0.05) is 11.6 Å². The van der Waals surface area contributed by atoms with Gasteiger partial charge in [-0.05, 0) is 12.1 Å². The highest BCUT2D eigenvalue weighted by molar-refractivity contribution is 5.68. The number of carboxylic acid groups (broad SMARTS) is 1. The number of halogens is 1. The lowest BCUT2D eigenvalue weighted by molar-refractivity contribution is -0.137. The number of hydrogen-bond donors (Lipinski definition) is 4. The van der Waals surface area contributed by atoms with Gasteiger partial charge >= 0.3 is 5.97 Å². The average Bonchev–Trinajstić information content (AvgIpc) is 2.13. The third-order valence-corrected chi connectivity index (χ3v) is 1.92. The van der Waals surface area contributed by atoms with E-state index >= 15 is 0 Å². The van der Waals surface area contributed by atoms with Crippen LogP contribution in [0.1, 0.15) is 18.0 Å². The zero-order valence-electron chi connectivity index (χ0n) is 7.64. The van der Waals surface area contributed by atoms with Gasteiger partial charge in [-0.2, -0.15) is 4.39 Å². The highest BCUT2D eigenvalue weighted by Crippen LogP contribution is 2.32. The van der Waals surface area contributed by atoms with Crippen LogP contribution in [0.15, 0.2) is 12.1 Å². The maximum atomic E-state index is 13.0. The van der Waals surface area contributed by atoms with Gasteiger partial charge < -0.3 is 21.1 Å². The molecule has 5 nitrogen and oxygen atoms in total. The minimum atomic E-state index is -1.20. The molecule has 0 saturated heterocycles. The molecule has 0 aliphatic heterocycles. The second-order valence-electron chi connectivity index (χ2n) is 3.04. The summed E-state index contributed by atoms with van der Waals surface area (Å²) >= 11 is 0. The third kappa shape index (κ3) is 2.35. The van der Waals surface area contributed by atoms with Crippen LogP contribution in [0.4, 0.5) is 4.39 Å². The molecule has 0 saturated carbocycles. The Balaban J connectivity index is 3.05. The van der Waals surface area contributed by atoms with Crippen molar-refractivity contribution in [3.8, 4) is 11.5 Å². The van der Waals surface area contributed by atoms with Crippen LogP contribution in [0, 0.1) is 5.82 Å². The SMILES string of the molecule is NC(CC(=O)O)c1ccc(O)c(F)c1O. The molecule has 0 aliphatic rings. The number of carbonyl (C=O) groups is 1. The highest BCUT2D eigenvalue weighted by Gasteiger charge is 2.18. The molecule has 82 valence electrons. The Morgan fingerprint density at radius 1 is 1.47 bits per heavy atom. The number of hydrogen-bond acceptors (Lipinski definition) is 4. The highest BCUT2D eigenvalue weighted by atomic mass is 19.1. The molecule has 1 atom stereocenters. The van der Waals surface area contributed by atoms with Gasteiger partial charge in [0.05, 0.1) is 6.42 Å². The average molecular weight is 215 g/mol. The Kier molecular flexibility index (Phi) is 3.11. The molecule has 5 N–H and O–H groups in total. The predicted octanol–water partition coefficient (Wildman–Crippen LogP) is 0.711. The van der Waals surface area contributed by atoms with Gasteiger partial charge in [0.1, 0.15) is 0 Å². The van der Waals surface area contributed by atoms with Crippen molar-refractivity contribution < 1.29 is 24.5 Å². The summed E-state index contributed by atoms with van der Waals surface area (Å²) in [7, 11) is 0. The van der Waals surface area contributed by atoms with Gasteiger partial charge in [0.25, 0.3) is 0 Å². The van der Waals surface area contributed by atoms with E-state index in [0.717, 1.165) is 6.07 Å². The molecule has 0 bridgehead atoms. The van der Waals surface area contributed by atoms with Crippen molar-refractivity contribution in [1.29, 1.82) is 0 Å². The van der Waals surface area contributed by atoms with Crippen molar-refractivity contribution in [3.05, 3.63) is 23.5 Å². The molecular formula is C9H10FNO4. The standard InChI is InChI=1S/C9H10FNO4/c10-8-6(12)2-1-4(9(8)15)5(11)3-7(13)14/h1-2,5,12,15H,3,11H2,(H,13,14). The normalized spacial score (nSPS) is 12.4. The Bertz CT molecular complexity index is 394. The van der Waals surface area contributed by atoms with Crippen molar-refractivity contribution in [1.82, 2.24) is 0 Å². The molecule has 6 heteroatoms.